The van der Waals surface area contributed by atoms with E-state index in [1.165, 1.54) is 12.3 Å². The summed E-state index contributed by atoms with van der Waals surface area (Å²) < 4.78 is 6.89. The zero-order valence-corrected chi connectivity index (χ0v) is 14.0. The summed E-state index contributed by atoms with van der Waals surface area (Å²) in [4.78, 5) is 22.3. The maximum absolute atomic E-state index is 11.9. The van der Waals surface area contributed by atoms with Gasteiger partial charge in [0.1, 0.15) is 5.75 Å². The minimum Gasteiger partial charge on any atom is -0.482 e. The summed E-state index contributed by atoms with van der Waals surface area (Å²) in [7, 11) is 0. The average Bonchev–Trinajstić information content (AvgIpc) is 2.95. The molecule has 128 valence electrons. The van der Waals surface area contributed by atoms with Crippen molar-refractivity contribution in [3.63, 3.8) is 0 Å². The van der Waals surface area contributed by atoms with Crippen LogP contribution >= 0.6 is 23.2 Å². The molecule has 0 aliphatic rings. The number of hydrogen-bond donors (Lipinski definition) is 2. The van der Waals surface area contributed by atoms with Gasteiger partial charge in [0.05, 0.1) is 16.9 Å². The molecule has 1 aromatic carbocycles. The summed E-state index contributed by atoms with van der Waals surface area (Å²) >= 11 is 11.8. The number of carbonyl (C=O) groups is 2. The first-order valence-corrected chi connectivity index (χ1v) is 7.81. The van der Waals surface area contributed by atoms with Gasteiger partial charge in [0.15, 0.2) is 6.61 Å². The normalized spacial score (nSPS) is 10.4. The smallest absolute Gasteiger partial charge is 0.303 e. The van der Waals surface area contributed by atoms with Crippen molar-refractivity contribution in [3.8, 4) is 5.75 Å². The fourth-order valence-electron chi connectivity index (χ4n) is 1.87. The number of hydrogen-bond acceptors (Lipinski definition) is 4. The SMILES string of the molecule is O=C(O)CCCn1cc(NC(=O)COc2cc(Cl)ccc2Cl)cn1. The predicted octanol–water partition coefficient (Wildman–Crippen LogP) is 3.07. The summed E-state index contributed by atoms with van der Waals surface area (Å²) in [5.41, 5.74) is 0.496. The van der Waals surface area contributed by atoms with Gasteiger partial charge in [-0.15, -0.1) is 0 Å². The molecule has 0 fully saturated rings. The minimum atomic E-state index is -0.854. The number of nitrogens with zero attached hydrogens (tertiary/aromatic N) is 2. The number of aliphatic carboxylic acids is 1. The lowest BCUT2D eigenvalue weighted by molar-refractivity contribution is -0.137. The summed E-state index contributed by atoms with van der Waals surface area (Å²) in [5.74, 6) is -0.910. The topological polar surface area (TPSA) is 93.5 Å². The summed E-state index contributed by atoms with van der Waals surface area (Å²) in [5, 5.41) is 16.1. The highest BCUT2D eigenvalue weighted by Gasteiger charge is 2.08. The molecule has 9 heteroatoms. The summed E-state index contributed by atoms with van der Waals surface area (Å²) in [6.07, 6.45) is 3.62. The van der Waals surface area contributed by atoms with Crippen LogP contribution in [0.5, 0.6) is 5.75 Å². The Morgan fingerprint density at radius 1 is 1.33 bits per heavy atom. The highest BCUT2D eigenvalue weighted by Crippen LogP contribution is 2.27. The molecule has 0 atom stereocenters. The number of halogens is 2. The quantitative estimate of drug-likeness (QED) is 0.743. The number of carbonyl (C=O) groups excluding carboxylic acids is 1. The molecule has 1 heterocycles. The number of benzene rings is 1. The molecule has 2 aromatic rings. The first kappa shape index (κ1) is 18.1. The van der Waals surface area contributed by atoms with Crippen molar-refractivity contribution in [1.82, 2.24) is 9.78 Å². The maximum Gasteiger partial charge on any atom is 0.303 e. The van der Waals surface area contributed by atoms with E-state index in [9.17, 15) is 9.59 Å². The Balaban J connectivity index is 1.81. The number of amides is 1. The molecule has 0 unspecified atom stereocenters. The van der Waals surface area contributed by atoms with E-state index in [2.05, 4.69) is 10.4 Å². The van der Waals surface area contributed by atoms with Crippen molar-refractivity contribution in [3.05, 3.63) is 40.6 Å². The standard InChI is InChI=1S/C15H15Cl2N3O4/c16-10-3-4-12(17)13(6-10)24-9-14(21)19-11-7-18-20(8-11)5-1-2-15(22)23/h3-4,6-8H,1-2,5,9H2,(H,19,21)(H,22,23). The second-order valence-corrected chi connectivity index (χ2v) is 5.74. The number of rotatable bonds is 8. The Kier molecular flexibility index (Phi) is 6.45. The zero-order valence-electron chi connectivity index (χ0n) is 12.5. The van der Waals surface area contributed by atoms with Gasteiger partial charge in [-0.2, -0.15) is 5.10 Å². The largest absolute Gasteiger partial charge is 0.482 e. The van der Waals surface area contributed by atoms with Crippen LogP contribution in [0.4, 0.5) is 5.69 Å². The van der Waals surface area contributed by atoms with Crippen LogP contribution < -0.4 is 10.1 Å². The van der Waals surface area contributed by atoms with Crippen LogP contribution in [0.25, 0.3) is 0 Å². The van der Waals surface area contributed by atoms with Gasteiger partial charge in [-0.1, -0.05) is 23.2 Å². The van der Waals surface area contributed by atoms with Gasteiger partial charge in [-0.05, 0) is 18.6 Å². The molecule has 0 bridgehead atoms. The number of aryl methyl sites for hydroxylation is 1. The molecule has 0 spiro atoms. The third kappa shape index (κ3) is 5.75. The van der Waals surface area contributed by atoms with Crippen molar-refractivity contribution < 1.29 is 19.4 Å². The Morgan fingerprint density at radius 3 is 2.88 bits per heavy atom. The average molecular weight is 372 g/mol. The first-order chi connectivity index (χ1) is 11.4. The van der Waals surface area contributed by atoms with E-state index >= 15 is 0 Å². The monoisotopic (exact) mass is 371 g/mol. The van der Waals surface area contributed by atoms with E-state index in [1.54, 1.807) is 23.0 Å². The van der Waals surface area contributed by atoms with Crippen molar-refractivity contribution in [2.45, 2.75) is 19.4 Å². The molecule has 0 saturated heterocycles. The fourth-order valence-corrected chi connectivity index (χ4v) is 2.21. The van der Waals surface area contributed by atoms with Gasteiger partial charge in [0.2, 0.25) is 0 Å². The van der Waals surface area contributed by atoms with Gasteiger partial charge in [-0.3, -0.25) is 14.3 Å². The number of aromatic nitrogens is 2. The van der Waals surface area contributed by atoms with Crippen molar-refractivity contribution in [2.75, 3.05) is 11.9 Å². The van der Waals surface area contributed by atoms with Crippen LogP contribution in [0.3, 0.4) is 0 Å². The van der Waals surface area contributed by atoms with E-state index < -0.39 is 5.97 Å². The van der Waals surface area contributed by atoms with Crippen LogP contribution in [0.1, 0.15) is 12.8 Å². The molecule has 0 aliphatic heterocycles. The molecule has 0 saturated carbocycles. The Hall–Kier alpha value is -2.25. The molecule has 2 rings (SSSR count). The minimum absolute atomic E-state index is 0.0653. The molecule has 7 nitrogen and oxygen atoms in total. The van der Waals surface area contributed by atoms with Crippen LogP contribution in [0.15, 0.2) is 30.6 Å². The molecule has 24 heavy (non-hydrogen) atoms. The predicted molar refractivity (Wildman–Crippen MR) is 89.7 cm³/mol. The van der Waals surface area contributed by atoms with E-state index in [1.807, 2.05) is 0 Å². The second-order valence-electron chi connectivity index (χ2n) is 4.90. The molecular formula is C15H15Cl2N3O4. The molecule has 1 amide bonds. The van der Waals surface area contributed by atoms with E-state index in [0.717, 1.165) is 0 Å². The third-order valence-electron chi connectivity index (χ3n) is 2.95. The van der Waals surface area contributed by atoms with Crippen LogP contribution in [0, 0.1) is 0 Å². The lowest BCUT2D eigenvalue weighted by atomic mass is 10.3. The fraction of sp³-hybridized carbons (Fsp3) is 0.267. The summed E-state index contributed by atoms with van der Waals surface area (Å²) in [6, 6.07) is 4.73. The first-order valence-electron chi connectivity index (χ1n) is 7.06. The highest BCUT2D eigenvalue weighted by molar-refractivity contribution is 6.34. The maximum atomic E-state index is 11.9. The van der Waals surface area contributed by atoms with E-state index in [4.69, 9.17) is 33.0 Å². The Bertz CT molecular complexity index is 733. The lowest BCUT2D eigenvalue weighted by Gasteiger charge is -2.08. The number of carboxylic acids is 1. The van der Waals surface area contributed by atoms with Crippen LogP contribution in [-0.2, 0) is 16.1 Å². The molecule has 1 aromatic heterocycles. The number of anilines is 1. The van der Waals surface area contributed by atoms with Gasteiger partial charge in [0.25, 0.3) is 5.91 Å². The van der Waals surface area contributed by atoms with Crippen molar-refractivity contribution >= 4 is 40.8 Å². The van der Waals surface area contributed by atoms with E-state index in [-0.39, 0.29) is 18.9 Å². The highest BCUT2D eigenvalue weighted by atomic mass is 35.5. The number of carboxylic acid groups (broad SMARTS) is 1. The van der Waals surface area contributed by atoms with Crippen LogP contribution in [-0.4, -0.2) is 33.4 Å². The van der Waals surface area contributed by atoms with Crippen molar-refractivity contribution in [1.29, 1.82) is 0 Å². The molecule has 0 aliphatic carbocycles. The lowest BCUT2D eigenvalue weighted by Crippen LogP contribution is -2.20. The van der Waals surface area contributed by atoms with Gasteiger partial charge >= 0.3 is 5.97 Å². The molecule has 2 N–H and O–H groups in total. The third-order valence-corrected chi connectivity index (χ3v) is 3.49. The van der Waals surface area contributed by atoms with Gasteiger partial charge < -0.3 is 15.2 Å². The second kappa shape index (κ2) is 8.56. The number of nitrogens with one attached hydrogen (secondary N) is 1. The van der Waals surface area contributed by atoms with Gasteiger partial charge in [-0.25, -0.2) is 0 Å². The Morgan fingerprint density at radius 2 is 2.12 bits per heavy atom. The van der Waals surface area contributed by atoms with Gasteiger partial charge in [0, 0.05) is 30.3 Å². The Labute approximate surface area is 148 Å². The van der Waals surface area contributed by atoms with Crippen LogP contribution in [0.2, 0.25) is 10.0 Å². The van der Waals surface area contributed by atoms with E-state index in [0.29, 0.717) is 34.4 Å². The van der Waals surface area contributed by atoms with Crippen molar-refractivity contribution in [2.24, 2.45) is 0 Å². The summed E-state index contributed by atoms with van der Waals surface area (Å²) in [6.45, 7) is 0.223. The molecule has 0 radical (unpaired) electrons. The number of ether oxygens (including phenoxy) is 1. The zero-order chi connectivity index (χ0) is 17.5. The molecular weight excluding hydrogens is 357 g/mol.